The standard InChI is InChI=1S/C25H25Cl3N2O3/c1-31-24-13-17(12-22(28)25(24)33-16-18-4-2-3-5-20(18)26)15-29-19-6-7-23(21(27)14-19)30-8-10-32-11-9-30/h2-7,12-14,29H,8-11,15-16H2,1H3. The van der Waals surface area contributed by atoms with Crippen LogP contribution in [0.2, 0.25) is 15.1 Å². The van der Waals surface area contributed by atoms with Crippen LogP contribution in [0, 0.1) is 0 Å². The maximum absolute atomic E-state index is 6.55. The molecular weight excluding hydrogens is 483 g/mol. The van der Waals surface area contributed by atoms with E-state index >= 15 is 0 Å². The number of methoxy groups -OCH3 is 1. The van der Waals surface area contributed by atoms with E-state index in [-0.39, 0.29) is 0 Å². The average Bonchev–Trinajstić information content (AvgIpc) is 2.83. The molecule has 3 aromatic carbocycles. The van der Waals surface area contributed by atoms with Gasteiger partial charge in [-0.3, -0.25) is 0 Å². The highest BCUT2D eigenvalue weighted by molar-refractivity contribution is 6.33. The molecule has 0 aromatic heterocycles. The van der Waals surface area contributed by atoms with E-state index in [9.17, 15) is 0 Å². The van der Waals surface area contributed by atoms with Crippen LogP contribution in [0.15, 0.2) is 54.6 Å². The Morgan fingerprint density at radius 2 is 1.73 bits per heavy atom. The van der Waals surface area contributed by atoms with Gasteiger partial charge >= 0.3 is 0 Å². The molecule has 3 aromatic rings. The van der Waals surface area contributed by atoms with E-state index in [0.717, 1.165) is 48.8 Å². The van der Waals surface area contributed by atoms with Gasteiger partial charge in [0.2, 0.25) is 0 Å². The Labute approximate surface area is 209 Å². The molecule has 0 radical (unpaired) electrons. The zero-order chi connectivity index (χ0) is 23.2. The smallest absolute Gasteiger partial charge is 0.180 e. The number of nitrogens with zero attached hydrogens (tertiary/aromatic N) is 1. The molecule has 0 atom stereocenters. The largest absolute Gasteiger partial charge is 0.493 e. The monoisotopic (exact) mass is 506 g/mol. The fourth-order valence-electron chi connectivity index (χ4n) is 3.66. The van der Waals surface area contributed by atoms with Crippen LogP contribution in [0.5, 0.6) is 11.5 Å². The molecule has 4 rings (SSSR count). The quantitative estimate of drug-likeness (QED) is 0.368. The maximum Gasteiger partial charge on any atom is 0.180 e. The van der Waals surface area contributed by atoms with Crippen LogP contribution >= 0.6 is 34.8 Å². The molecule has 174 valence electrons. The number of halogens is 3. The highest BCUT2D eigenvalue weighted by Gasteiger charge is 2.15. The van der Waals surface area contributed by atoms with Crippen molar-refractivity contribution in [3.63, 3.8) is 0 Å². The third kappa shape index (κ3) is 5.98. The lowest BCUT2D eigenvalue weighted by Gasteiger charge is -2.29. The summed E-state index contributed by atoms with van der Waals surface area (Å²) in [7, 11) is 1.59. The molecule has 1 saturated heterocycles. The van der Waals surface area contributed by atoms with Gasteiger partial charge in [-0.25, -0.2) is 0 Å². The number of hydrogen-bond donors (Lipinski definition) is 1. The van der Waals surface area contributed by atoms with Gasteiger partial charge in [-0.2, -0.15) is 0 Å². The van der Waals surface area contributed by atoms with Crippen LogP contribution in [-0.4, -0.2) is 33.4 Å². The molecule has 0 amide bonds. The number of hydrogen-bond acceptors (Lipinski definition) is 5. The van der Waals surface area contributed by atoms with E-state index in [0.29, 0.717) is 39.7 Å². The Balaban J connectivity index is 1.42. The first-order chi connectivity index (χ1) is 16.0. The molecule has 1 fully saturated rings. The van der Waals surface area contributed by atoms with E-state index in [1.54, 1.807) is 7.11 Å². The molecule has 0 bridgehead atoms. The van der Waals surface area contributed by atoms with Gasteiger partial charge in [0.1, 0.15) is 6.61 Å². The molecule has 33 heavy (non-hydrogen) atoms. The van der Waals surface area contributed by atoms with Crippen LogP contribution < -0.4 is 19.7 Å². The Hall–Kier alpha value is -2.31. The summed E-state index contributed by atoms with van der Waals surface area (Å²) in [5.74, 6) is 1.05. The van der Waals surface area contributed by atoms with E-state index in [2.05, 4.69) is 10.2 Å². The first-order valence-corrected chi connectivity index (χ1v) is 11.8. The van der Waals surface area contributed by atoms with E-state index in [1.165, 1.54) is 0 Å². The van der Waals surface area contributed by atoms with Crippen LogP contribution in [-0.2, 0) is 17.9 Å². The molecule has 1 N–H and O–H groups in total. The summed E-state index contributed by atoms with van der Waals surface area (Å²) in [6.45, 7) is 3.97. The Morgan fingerprint density at radius 3 is 2.45 bits per heavy atom. The van der Waals surface area contributed by atoms with Crippen molar-refractivity contribution in [1.82, 2.24) is 0 Å². The Morgan fingerprint density at radius 1 is 0.939 bits per heavy atom. The van der Waals surface area contributed by atoms with Gasteiger partial charge in [-0.1, -0.05) is 53.0 Å². The molecular formula is C25H25Cl3N2O3. The van der Waals surface area contributed by atoms with Crippen LogP contribution in [0.1, 0.15) is 11.1 Å². The molecule has 1 heterocycles. The topological polar surface area (TPSA) is 43.0 Å². The van der Waals surface area contributed by atoms with Gasteiger partial charge in [0.25, 0.3) is 0 Å². The molecule has 1 aliphatic rings. The van der Waals surface area contributed by atoms with Crippen molar-refractivity contribution in [3.05, 3.63) is 80.8 Å². The Bertz CT molecular complexity index is 1100. The highest BCUT2D eigenvalue weighted by Crippen LogP contribution is 2.38. The third-order valence-electron chi connectivity index (χ3n) is 5.42. The van der Waals surface area contributed by atoms with Crippen molar-refractivity contribution >= 4 is 46.2 Å². The summed E-state index contributed by atoms with van der Waals surface area (Å²) in [5.41, 5.74) is 3.78. The van der Waals surface area contributed by atoms with Crippen molar-refractivity contribution in [2.75, 3.05) is 43.6 Å². The fourth-order valence-corrected chi connectivity index (χ4v) is 4.44. The van der Waals surface area contributed by atoms with Crippen molar-refractivity contribution in [1.29, 1.82) is 0 Å². The van der Waals surface area contributed by atoms with Crippen LogP contribution in [0.3, 0.4) is 0 Å². The van der Waals surface area contributed by atoms with Gasteiger partial charge in [0.05, 0.1) is 36.1 Å². The second-order valence-corrected chi connectivity index (χ2v) is 8.83. The van der Waals surface area contributed by atoms with Gasteiger partial charge in [-0.15, -0.1) is 0 Å². The molecule has 0 saturated carbocycles. The first-order valence-electron chi connectivity index (χ1n) is 10.6. The molecule has 8 heteroatoms. The predicted octanol–water partition coefficient (Wildman–Crippen LogP) is 6.68. The summed E-state index contributed by atoms with van der Waals surface area (Å²) in [6, 6.07) is 17.3. The summed E-state index contributed by atoms with van der Waals surface area (Å²) < 4.78 is 16.9. The van der Waals surface area contributed by atoms with E-state index in [1.807, 2.05) is 54.6 Å². The SMILES string of the molecule is COc1cc(CNc2ccc(N3CCOCC3)c(Cl)c2)cc(Cl)c1OCc1ccccc1Cl. The highest BCUT2D eigenvalue weighted by atomic mass is 35.5. The van der Waals surface area contributed by atoms with E-state index in [4.69, 9.17) is 49.0 Å². The summed E-state index contributed by atoms with van der Waals surface area (Å²) in [6.07, 6.45) is 0. The second-order valence-electron chi connectivity index (χ2n) is 7.61. The number of morpholine rings is 1. The minimum atomic E-state index is 0.293. The summed E-state index contributed by atoms with van der Waals surface area (Å²) in [5, 5.41) is 5.22. The number of rotatable bonds is 8. The number of nitrogens with one attached hydrogen (secondary N) is 1. The Kier molecular flexibility index (Phi) is 8.10. The molecule has 1 aliphatic heterocycles. The van der Waals surface area contributed by atoms with Crippen molar-refractivity contribution in [3.8, 4) is 11.5 Å². The zero-order valence-electron chi connectivity index (χ0n) is 18.2. The van der Waals surface area contributed by atoms with Crippen LogP contribution in [0.25, 0.3) is 0 Å². The average molecular weight is 508 g/mol. The molecule has 5 nitrogen and oxygen atoms in total. The third-order valence-corrected chi connectivity index (χ3v) is 6.37. The van der Waals surface area contributed by atoms with Gasteiger partial charge < -0.3 is 24.4 Å². The molecule has 0 unspecified atom stereocenters. The lowest BCUT2D eigenvalue weighted by Crippen LogP contribution is -2.36. The maximum atomic E-state index is 6.55. The van der Waals surface area contributed by atoms with Crippen molar-refractivity contribution < 1.29 is 14.2 Å². The van der Waals surface area contributed by atoms with Gasteiger partial charge in [0, 0.05) is 35.9 Å². The minimum Gasteiger partial charge on any atom is -0.493 e. The fraction of sp³-hybridized carbons (Fsp3) is 0.280. The zero-order valence-corrected chi connectivity index (χ0v) is 20.5. The van der Waals surface area contributed by atoms with Crippen LogP contribution in [0.4, 0.5) is 11.4 Å². The van der Waals surface area contributed by atoms with Gasteiger partial charge in [-0.05, 0) is 42.0 Å². The lowest BCUT2D eigenvalue weighted by atomic mass is 10.1. The normalized spacial score (nSPS) is 13.6. The summed E-state index contributed by atoms with van der Waals surface area (Å²) >= 11 is 19.3. The van der Waals surface area contributed by atoms with E-state index < -0.39 is 0 Å². The number of benzene rings is 3. The number of ether oxygens (including phenoxy) is 3. The minimum absolute atomic E-state index is 0.293. The van der Waals surface area contributed by atoms with Crippen molar-refractivity contribution in [2.24, 2.45) is 0 Å². The molecule has 0 aliphatic carbocycles. The number of anilines is 2. The molecule has 0 spiro atoms. The summed E-state index contributed by atoms with van der Waals surface area (Å²) in [4.78, 5) is 2.24. The predicted molar refractivity (Wildman–Crippen MR) is 136 cm³/mol. The lowest BCUT2D eigenvalue weighted by molar-refractivity contribution is 0.122. The second kappa shape index (κ2) is 11.2. The first kappa shape index (κ1) is 23.8. The van der Waals surface area contributed by atoms with Gasteiger partial charge in [0.15, 0.2) is 11.5 Å². The van der Waals surface area contributed by atoms with Crippen molar-refractivity contribution in [2.45, 2.75) is 13.2 Å².